The lowest BCUT2D eigenvalue weighted by molar-refractivity contribution is -0.113. The molecule has 1 amide bonds. The third kappa shape index (κ3) is 3.38. The van der Waals surface area contributed by atoms with Crippen molar-refractivity contribution in [1.82, 2.24) is 20.2 Å². The van der Waals surface area contributed by atoms with E-state index in [0.29, 0.717) is 40.0 Å². The van der Waals surface area contributed by atoms with Crippen LogP contribution in [0.2, 0.25) is 0 Å². The first kappa shape index (κ1) is 18.5. The SMILES string of the molecule is COc1ccc(OC)c([C@H]2C(C(=O)Nc3ccccc3)=C(C)Nc3nnnn32)c1. The van der Waals surface area contributed by atoms with Gasteiger partial charge >= 0.3 is 0 Å². The monoisotopic (exact) mass is 392 g/mol. The Bertz CT molecular complexity index is 1080. The minimum atomic E-state index is -0.602. The fraction of sp³-hybridized carbons (Fsp3) is 0.200. The van der Waals surface area contributed by atoms with Crippen molar-refractivity contribution in [1.29, 1.82) is 0 Å². The number of amides is 1. The molecule has 0 fully saturated rings. The van der Waals surface area contributed by atoms with E-state index in [9.17, 15) is 4.79 Å². The van der Waals surface area contributed by atoms with Crippen LogP contribution < -0.4 is 20.1 Å². The molecule has 29 heavy (non-hydrogen) atoms. The molecular formula is C20H20N6O3. The molecule has 148 valence electrons. The molecule has 0 saturated carbocycles. The lowest BCUT2D eigenvalue weighted by Gasteiger charge is -2.29. The topological polar surface area (TPSA) is 103 Å². The fourth-order valence-corrected chi connectivity index (χ4v) is 3.37. The molecular weight excluding hydrogens is 372 g/mol. The van der Waals surface area contributed by atoms with Gasteiger partial charge in [0.1, 0.15) is 17.5 Å². The van der Waals surface area contributed by atoms with E-state index < -0.39 is 6.04 Å². The zero-order valence-electron chi connectivity index (χ0n) is 16.2. The number of carbonyl (C=O) groups excluding carboxylic acids is 1. The van der Waals surface area contributed by atoms with Crippen molar-refractivity contribution in [3.05, 3.63) is 65.4 Å². The van der Waals surface area contributed by atoms with E-state index in [1.165, 1.54) is 0 Å². The first-order valence-corrected chi connectivity index (χ1v) is 8.96. The molecule has 0 saturated heterocycles. The Morgan fingerprint density at radius 3 is 2.66 bits per heavy atom. The zero-order valence-corrected chi connectivity index (χ0v) is 16.2. The molecule has 0 spiro atoms. The molecule has 1 aliphatic rings. The van der Waals surface area contributed by atoms with Crippen molar-refractivity contribution >= 4 is 17.5 Å². The van der Waals surface area contributed by atoms with Gasteiger partial charge in [-0.2, -0.15) is 4.68 Å². The number of hydrogen-bond donors (Lipinski definition) is 2. The molecule has 1 atom stereocenters. The second kappa shape index (κ2) is 7.63. The average Bonchev–Trinajstić information content (AvgIpc) is 3.20. The van der Waals surface area contributed by atoms with Crippen molar-refractivity contribution in [2.75, 3.05) is 24.9 Å². The number of para-hydroxylation sites is 1. The van der Waals surface area contributed by atoms with Crippen LogP contribution in [0.3, 0.4) is 0 Å². The van der Waals surface area contributed by atoms with Gasteiger partial charge < -0.3 is 20.1 Å². The number of aromatic nitrogens is 4. The van der Waals surface area contributed by atoms with Crippen LogP contribution in [-0.2, 0) is 4.79 Å². The summed E-state index contributed by atoms with van der Waals surface area (Å²) >= 11 is 0. The molecule has 4 rings (SSSR count). The van der Waals surface area contributed by atoms with Gasteiger partial charge in [-0.1, -0.05) is 23.3 Å². The van der Waals surface area contributed by atoms with Crippen molar-refractivity contribution in [3.8, 4) is 11.5 Å². The summed E-state index contributed by atoms with van der Waals surface area (Å²) in [5.74, 6) is 1.40. The second-order valence-electron chi connectivity index (χ2n) is 6.44. The minimum absolute atomic E-state index is 0.266. The molecule has 3 aromatic rings. The molecule has 1 aliphatic heterocycles. The van der Waals surface area contributed by atoms with E-state index in [0.717, 1.165) is 0 Å². The van der Waals surface area contributed by atoms with Crippen LogP contribution in [0.1, 0.15) is 18.5 Å². The van der Waals surface area contributed by atoms with E-state index >= 15 is 0 Å². The second-order valence-corrected chi connectivity index (χ2v) is 6.44. The third-order valence-corrected chi connectivity index (χ3v) is 4.72. The number of methoxy groups -OCH3 is 2. The maximum atomic E-state index is 13.3. The minimum Gasteiger partial charge on any atom is -0.497 e. The van der Waals surface area contributed by atoms with Crippen molar-refractivity contribution < 1.29 is 14.3 Å². The van der Waals surface area contributed by atoms with E-state index in [1.54, 1.807) is 31.0 Å². The first-order chi connectivity index (χ1) is 14.1. The van der Waals surface area contributed by atoms with Gasteiger partial charge in [0, 0.05) is 16.9 Å². The highest BCUT2D eigenvalue weighted by Gasteiger charge is 2.36. The number of rotatable bonds is 5. The molecule has 0 aliphatic carbocycles. The average molecular weight is 392 g/mol. The number of allylic oxidation sites excluding steroid dienone is 1. The van der Waals surface area contributed by atoms with Crippen LogP contribution in [0.15, 0.2) is 59.8 Å². The Morgan fingerprint density at radius 2 is 1.93 bits per heavy atom. The number of benzene rings is 2. The van der Waals surface area contributed by atoms with E-state index in [-0.39, 0.29) is 5.91 Å². The highest BCUT2D eigenvalue weighted by atomic mass is 16.5. The molecule has 1 aromatic heterocycles. The number of nitrogens with one attached hydrogen (secondary N) is 2. The van der Waals surface area contributed by atoms with Gasteiger partial charge in [-0.25, -0.2) is 0 Å². The lowest BCUT2D eigenvalue weighted by Crippen LogP contribution is -2.31. The lowest BCUT2D eigenvalue weighted by atomic mass is 9.94. The number of tetrazole rings is 1. The predicted octanol–water partition coefficient (Wildman–Crippen LogP) is 2.62. The molecule has 2 heterocycles. The van der Waals surface area contributed by atoms with E-state index in [1.807, 2.05) is 43.3 Å². The van der Waals surface area contributed by atoms with E-state index in [2.05, 4.69) is 26.2 Å². The number of fused-ring (bicyclic) bond motifs is 1. The first-order valence-electron chi connectivity index (χ1n) is 8.96. The number of hydrogen-bond acceptors (Lipinski definition) is 7. The summed E-state index contributed by atoms with van der Waals surface area (Å²) in [6.45, 7) is 1.82. The summed E-state index contributed by atoms with van der Waals surface area (Å²) in [7, 11) is 3.16. The molecule has 2 N–H and O–H groups in total. The highest BCUT2D eigenvalue weighted by molar-refractivity contribution is 6.06. The van der Waals surface area contributed by atoms with E-state index in [4.69, 9.17) is 9.47 Å². The van der Waals surface area contributed by atoms with Crippen LogP contribution >= 0.6 is 0 Å². The predicted molar refractivity (Wildman–Crippen MR) is 107 cm³/mol. The van der Waals surface area contributed by atoms with Crippen LogP contribution in [-0.4, -0.2) is 40.3 Å². The summed E-state index contributed by atoms with van der Waals surface area (Å²) < 4.78 is 12.5. The van der Waals surface area contributed by atoms with Crippen LogP contribution in [0.25, 0.3) is 0 Å². The maximum absolute atomic E-state index is 13.3. The van der Waals surface area contributed by atoms with Crippen LogP contribution in [0.4, 0.5) is 11.6 Å². The Labute approximate surface area is 167 Å². The molecule has 9 heteroatoms. The van der Waals surface area contributed by atoms with Gasteiger partial charge in [-0.3, -0.25) is 4.79 Å². The largest absolute Gasteiger partial charge is 0.497 e. The number of anilines is 2. The van der Waals surface area contributed by atoms with Gasteiger partial charge in [0.15, 0.2) is 0 Å². The number of ether oxygens (including phenoxy) is 2. The molecule has 0 radical (unpaired) electrons. The van der Waals surface area contributed by atoms with Crippen LogP contribution in [0.5, 0.6) is 11.5 Å². The Morgan fingerprint density at radius 1 is 1.14 bits per heavy atom. The van der Waals surface area contributed by atoms with Crippen molar-refractivity contribution in [2.24, 2.45) is 0 Å². The number of nitrogens with zero attached hydrogens (tertiary/aromatic N) is 4. The maximum Gasteiger partial charge on any atom is 0.255 e. The quantitative estimate of drug-likeness (QED) is 0.688. The van der Waals surface area contributed by atoms with Gasteiger partial charge in [0.05, 0.1) is 19.8 Å². The highest BCUT2D eigenvalue weighted by Crippen LogP contribution is 2.40. The smallest absolute Gasteiger partial charge is 0.255 e. The zero-order chi connectivity index (χ0) is 20.4. The Kier molecular flexibility index (Phi) is 4.86. The summed E-state index contributed by atoms with van der Waals surface area (Å²) in [5.41, 5.74) is 2.52. The van der Waals surface area contributed by atoms with Crippen LogP contribution in [0, 0.1) is 0 Å². The van der Waals surface area contributed by atoms with Gasteiger partial charge in [-0.05, 0) is 47.7 Å². The summed E-state index contributed by atoms with van der Waals surface area (Å²) in [5, 5.41) is 17.9. The Hall–Kier alpha value is -3.88. The summed E-state index contributed by atoms with van der Waals surface area (Å²) in [6.07, 6.45) is 0. The Balaban J connectivity index is 1.84. The molecule has 9 nitrogen and oxygen atoms in total. The van der Waals surface area contributed by atoms with Crippen molar-refractivity contribution in [2.45, 2.75) is 13.0 Å². The number of carbonyl (C=O) groups is 1. The summed E-state index contributed by atoms with van der Waals surface area (Å²) in [6, 6.07) is 14.1. The fourth-order valence-electron chi connectivity index (χ4n) is 3.37. The van der Waals surface area contributed by atoms with Crippen molar-refractivity contribution in [3.63, 3.8) is 0 Å². The summed E-state index contributed by atoms with van der Waals surface area (Å²) in [4.78, 5) is 13.3. The molecule has 0 bridgehead atoms. The normalized spacial score (nSPS) is 15.3. The van der Waals surface area contributed by atoms with Gasteiger partial charge in [0.25, 0.3) is 5.91 Å². The molecule has 2 aromatic carbocycles. The third-order valence-electron chi connectivity index (χ3n) is 4.72. The standard InChI is InChI=1S/C20H20N6O3/c1-12-17(19(27)22-13-7-5-4-6-8-13)18(26-20(21-12)23-24-25-26)15-11-14(28-2)9-10-16(15)29-3/h4-11,18H,1-3H3,(H,22,27)(H,21,23,25)/t18-/m0/s1. The van der Waals surface area contributed by atoms with Gasteiger partial charge in [-0.15, -0.1) is 0 Å². The van der Waals surface area contributed by atoms with Gasteiger partial charge in [0.2, 0.25) is 5.95 Å². The molecule has 0 unspecified atom stereocenters.